The number of hydrogen-bond donors (Lipinski definition) is 1. The first-order valence-corrected chi connectivity index (χ1v) is 6.93. The number of rotatable bonds is 5. The summed E-state index contributed by atoms with van der Waals surface area (Å²) < 4.78 is 13.8. The third kappa shape index (κ3) is 3.36. The Labute approximate surface area is 120 Å². The van der Waals surface area contributed by atoms with E-state index in [1.165, 1.54) is 11.6 Å². The molecule has 1 unspecified atom stereocenters. The number of hydrogen-bond acceptors (Lipinski definition) is 2. The molecule has 0 fully saturated rings. The van der Waals surface area contributed by atoms with E-state index in [2.05, 4.69) is 36.9 Å². The molecule has 0 spiro atoms. The van der Waals surface area contributed by atoms with Crippen molar-refractivity contribution in [2.45, 2.75) is 19.9 Å². The fraction of sp³-hybridized carbons (Fsp3) is 0.294. The molecule has 2 aromatic rings. The number of benzene rings is 2. The highest BCUT2D eigenvalue weighted by Gasteiger charge is 2.14. The zero-order valence-corrected chi connectivity index (χ0v) is 12.0. The zero-order valence-electron chi connectivity index (χ0n) is 12.0. The van der Waals surface area contributed by atoms with Crippen molar-refractivity contribution in [1.29, 1.82) is 0 Å². The number of anilines is 1. The lowest BCUT2D eigenvalue weighted by atomic mass is 10.1. The van der Waals surface area contributed by atoms with E-state index in [0.717, 1.165) is 12.2 Å². The Balaban J connectivity index is 2.16. The maximum atomic E-state index is 13.8. The average Bonchev–Trinajstić information content (AvgIpc) is 2.45. The Morgan fingerprint density at radius 1 is 1.15 bits per heavy atom. The second-order valence-electron chi connectivity index (χ2n) is 5.01. The van der Waals surface area contributed by atoms with E-state index < -0.39 is 0 Å². The van der Waals surface area contributed by atoms with Crippen LogP contribution in [-0.2, 0) is 0 Å². The van der Waals surface area contributed by atoms with Crippen molar-refractivity contribution in [2.75, 3.05) is 18.0 Å². The molecule has 0 aliphatic carbocycles. The maximum absolute atomic E-state index is 13.8. The van der Waals surface area contributed by atoms with Crippen molar-refractivity contribution >= 4 is 5.69 Å². The Morgan fingerprint density at radius 2 is 1.90 bits per heavy atom. The van der Waals surface area contributed by atoms with Crippen LogP contribution in [0, 0.1) is 12.7 Å². The summed E-state index contributed by atoms with van der Waals surface area (Å²) in [5, 5.41) is 0. The molecule has 2 rings (SSSR count). The number of nitrogens with two attached hydrogens (primary N) is 1. The normalized spacial score (nSPS) is 12.2. The molecule has 3 heteroatoms. The summed E-state index contributed by atoms with van der Waals surface area (Å²) in [5.41, 5.74) is 9.07. The SMILES string of the molecule is CCN(CC(N)c1ccccc1F)c1cccc(C)c1. The predicted molar refractivity (Wildman–Crippen MR) is 82.4 cm³/mol. The minimum Gasteiger partial charge on any atom is -0.370 e. The van der Waals surface area contributed by atoms with E-state index >= 15 is 0 Å². The van der Waals surface area contributed by atoms with Crippen LogP contribution >= 0.6 is 0 Å². The third-order valence-electron chi connectivity index (χ3n) is 3.47. The number of likely N-dealkylation sites (N-methyl/N-ethyl adjacent to an activating group) is 1. The quantitative estimate of drug-likeness (QED) is 0.900. The van der Waals surface area contributed by atoms with E-state index in [1.807, 2.05) is 12.1 Å². The monoisotopic (exact) mass is 272 g/mol. The molecule has 20 heavy (non-hydrogen) atoms. The van der Waals surface area contributed by atoms with E-state index in [-0.39, 0.29) is 11.9 Å². The zero-order chi connectivity index (χ0) is 14.5. The predicted octanol–water partition coefficient (Wildman–Crippen LogP) is 3.66. The summed E-state index contributed by atoms with van der Waals surface area (Å²) in [6.45, 7) is 5.58. The first-order chi connectivity index (χ1) is 9.61. The molecule has 0 heterocycles. The summed E-state index contributed by atoms with van der Waals surface area (Å²) in [7, 11) is 0. The smallest absolute Gasteiger partial charge is 0.128 e. The van der Waals surface area contributed by atoms with Gasteiger partial charge in [-0.15, -0.1) is 0 Å². The molecule has 0 bridgehead atoms. The van der Waals surface area contributed by atoms with Gasteiger partial charge < -0.3 is 10.6 Å². The highest BCUT2D eigenvalue weighted by molar-refractivity contribution is 5.48. The van der Waals surface area contributed by atoms with Crippen LogP contribution in [0.2, 0.25) is 0 Å². The molecule has 2 nitrogen and oxygen atoms in total. The van der Waals surface area contributed by atoms with Gasteiger partial charge in [0.15, 0.2) is 0 Å². The van der Waals surface area contributed by atoms with Gasteiger partial charge in [-0.25, -0.2) is 4.39 Å². The number of aryl methyl sites for hydroxylation is 1. The van der Waals surface area contributed by atoms with Crippen LogP contribution in [0.5, 0.6) is 0 Å². The summed E-state index contributed by atoms with van der Waals surface area (Å²) >= 11 is 0. The lowest BCUT2D eigenvalue weighted by Gasteiger charge is -2.27. The van der Waals surface area contributed by atoms with E-state index in [9.17, 15) is 4.39 Å². The molecule has 106 valence electrons. The van der Waals surface area contributed by atoms with Gasteiger partial charge in [-0.3, -0.25) is 0 Å². The maximum Gasteiger partial charge on any atom is 0.128 e. The van der Waals surface area contributed by atoms with Crippen molar-refractivity contribution < 1.29 is 4.39 Å². The largest absolute Gasteiger partial charge is 0.370 e. The van der Waals surface area contributed by atoms with Gasteiger partial charge in [0.25, 0.3) is 0 Å². The van der Waals surface area contributed by atoms with Gasteiger partial charge in [0.1, 0.15) is 5.82 Å². The fourth-order valence-electron chi connectivity index (χ4n) is 2.35. The highest BCUT2D eigenvalue weighted by atomic mass is 19.1. The Bertz CT molecular complexity index is 568. The van der Waals surface area contributed by atoms with Gasteiger partial charge in [-0.05, 0) is 37.6 Å². The third-order valence-corrected chi connectivity index (χ3v) is 3.47. The van der Waals surface area contributed by atoms with Crippen LogP contribution in [0.1, 0.15) is 24.1 Å². The summed E-state index contributed by atoms with van der Waals surface area (Å²) in [5.74, 6) is -0.236. The Kier molecular flexibility index (Phi) is 4.74. The lowest BCUT2D eigenvalue weighted by Crippen LogP contribution is -2.32. The van der Waals surface area contributed by atoms with Crippen LogP contribution in [0.15, 0.2) is 48.5 Å². The molecule has 0 saturated heterocycles. The van der Waals surface area contributed by atoms with Gasteiger partial charge in [-0.1, -0.05) is 30.3 Å². The first-order valence-electron chi connectivity index (χ1n) is 6.93. The van der Waals surface area contributed by atoms with Crippen LogP contribution in [-0.4, -0.2) is 13.1 Å². The average molecular weight is 272 g/mol. The molecular weight excluding hydrogens is 251 g/mol. The first kappa shape index (κ1) is 14.5. The summed E-state index contributed by atoms with van der Waals surface area (Å²) in [6.07, 6.45) is 0. The molecule has 2 N–H and O–H groups in total. The van der Waals surface area contributed by atoms with Crippen LogP contribution in [0.25, 0.3) is 0 Å². The Morgan fingerprint density at radius 3 is 2.55 bits per heavy atom. The topological polar surface area (TPSA) is 29.3 Å². The molecule has 0 radical (unpaired) electrons. The highest BCUT2D eigenvalue weighted by Crippen LogP contribution is 2.21. The second kappa shape index (κ2) is 6.53. The minimum atomic E-state index is -0.336. The molecule has 2 aromatic carbocycles. The van der Waals surface area contributed by atoms with Crippen LogP contribution in [0.4, 0.5) is 10.1 Å². The van der Waals surface area contributed by atoms with Crippen LogP contribution in [0.3, 0.4) is 0 Å². The van der Waals surface area contributed by atoms with E-state index in [4.69, 9.17) is 5.73 Å². The fourth-order valence-corrected chi connectivity index (χ4v) is 2.35. The van der Waals surface area contributed by atoms with Crippen LogP contribution < -0.4 is 10.6 Å². The second-order valence-corrected chi connectivity index (χ2v) is 5.01. The molecule has 0 aromatic heterocycles. The van der Waals surface area contributed by atoms with Crippen molar-refractivity contribution in [1.82, 2.24) is 0 Å². The minimum absolute atomic E-state index is 0.236. The van der Waals surface area contributed by atoms with Gasteiger partial charge >= 0.3 is 0 Å². The molecule has 0 saturated carbocycles. The lowest BCUT2D eigenvalue weighted by molar-refractivity contribution is 0.575. The standard InChI is InChI=1S/C17H21FN2/c1-3-20(14-8-6-7-13(2)11-14)12-17(19)15-9-4-5-10-16(15)18/h4-11,17H,3,12,19H2,1-2H3. The van der Waals surface area contributed by atoms with Gasteiger partial charge in [0.05, 0.1) is 6.04 Å². The molecule has 1 atom stereocenters. The molecule has 0 aliphatic rings. The van der Waals surface area contributed by atoms with E-state index in [0.29, 0.717) is 12.1 Å². The number of halogens is 1. The molecule has 0 amide bonds. The van der Waals surface area contributed by atoms with Crippen molar-refractivity contribution in [3.05, 3.63) is 65.5 Å². The summed E-state index contributed by atoms with van der Waals surface area (Å²) in [4.78, 5) is 2.17. The molecule has 0 aliphatic heterocycles. The van der Waals surface area contributed by atoms with E-state index in [1.54, 1.807) is 12.1 Å². The van der Waals surface area contributed by atoms with Crippen molar-refractivity contribution in [3.63, 3.8) is 0 Å². The van der Waals surface area contributed by atoms with Crippen molar-refractivity contribution in [3.8, 4) is 0 Å². The van der Waals surface area contributed by atoms with Gasteiger partial charge in [-0.2, -0.15) is 0 Å². The van der Waals surface area contributed by atoms with Gasteiger partial charge in [0, 0.05) is 24.3 Å². The molecular formula is C17H21FN2. The number of nitrogens with zero attached hydrogens (tertiary/aromatic N) is 1. The van der Waals surface area contributed by atoms with Crippen molar-refractivity contribution in [2.24, 2.45) is 5.73 Å². The van der Waals surface area contributed by atoms with Gasteiger partial charge in [0.2, 0.25) is 0 Å². The summed E-state index contributed by atoms with van der Waals surface area (Å²) in [6, 6.07) is 14.7. The Hall–Kier alpha value is -1.87.